The van der Waals surface area contributed by atoms with Crippen molar-refractivity contribution >= 4 is 0 Å². The molecule has 5 nitrogen and oxygen atoms in total. The highest BCUT2D eigenvalue weighted by Crippen LogP contribution is 2.45. The normalized spacial score (nSPS) is 24.3. The number of aromatic nitrogens is 3. The van der Waals surface area contributed by atoms with E-state index in [4.69, 9.17) is 10.8 Å². The van der Waals surface area contributed by atoms with Crippen LogP contribution in [-0.4, -0.2) is 20.9 Å². The fraction of sp³-hybridized carbons (Fsp3) is 0.529. The van der Waals surface area contributed by atoms with E-state index in [1.165, 1.54) is 12.8 Å². The first-order chi connectivity index (χ1) is 10.7. The smallest absolute Gasteiger partial charge is 0.258 e. The van der Waals surface area contributed by atoms with Gasteiger partial charge >= 0.3 is 0 Å². The SMILES string of the molecule is Cn1cccc(-c2cn(C3CC(CN)C3)nc2C2CC2)c1=O. The molecule has 2 saturated carbocycles. The summed E-state index contributed by atoms with van der Waals surface area (Å²) in [6, 6.07) is 4.30. The van der Waals surface area contributed by atoms with E-state index < -0.39 is 0 Å². The molecule has 2 fully saturated rings. The topological polar surface area (TPSA) is 65.8 Å². The maximum absolute atomic E-state index is 12.4. The minimum Gasteiger partial charge on any atom is -0.330 e. The van der Waals surface area contributed by atoms with Crippen LogP contribution in [0.4, 0.5) is 0 Å². The van der Waals surface area contributed by atoms with E-state index in [1.54, 1.807) is 17.8 Å². The Morgan fingerprint density at radius 3 is 2.77 bits per heavy atom. The lowest BCUT2D eigenvalue weighted by molar-refractivity contribution is 0.189. The number of pyridine rings is 1. The van der Waals surface area contributed by atoms with E-state index >= 15 is 0 Å². The van der Waals surface area contributed by atoms with E-state index in [0.717, 1.165) is 36.2 Å². The summed E-state index contributed by atoms with van der Waals surface area (Å²) in [5, 5.41) is 4.84. The minimum absolute atomic E-state index is 0.0531. The molecule has 0 saturated heterocycles. The molecule has 0 bridgehead atoms. The van der Waals surface area contributed by atoms with Crippen LogP contribution in [0.2, 0.25) is 0 Å². The minimum atomic E-state index is 0.0531. The van der Waals surface area contributed by atoms with Gasteiger partial charge in [-0.2, -0.15) is 5.10 Å². The molecule has 0 aliphatic heterocycles. The second-order valence-corrected chi connectivity index (χ2v) is 6.75. The van der Waals surface area contributed by atoms with E-state index in [1.807, 2.05) is 12.1 Å². The average molecular weight is 298 g/mol. The molecule has 2 aliphatic carbocycles. The first kappa shape index (κ1) is 13.8. The average Bonchev–Trinajstić information content (AvgIpc) is 3.22. The van der Waals surface area contributed by atoms with Crippen molar-refractivity contribution in [3.8, 4) is 11.1 Å². The fourth-order valence-corrected chi connectivity index (χ4v) is 3.37. The van der Waals surface area contributed by atoms with Gasteiger partial charge in [-0.25, -0.2) is 0 Å². The van der Waals surface area contributed by atoms with Gasteiger partial charge in [-0.3, -0.25) is 9.48 Å². The first-order valence-electron chi connectivity index (χ1n) is 8.12. The summed E-state index contributed by atoms with van der Waals surface area (Å²) in [6.07, 6.45) is 8.47. The lowest BCUT2D eigenvalue weighted by Crippen LogP contribution is -2.32. The van der Waals surface area contributed by atoms with Crippen LogP contribution in [0.15, 0.2) is 29.3 Å². The van der Waals surface area contributed by atoms with Gasteiger partial charge in [0, 0.05) is 30.9 Å². The lowest BCUT2D eigenvalue weighted by Gasteiger charge is -2.34. The highest BCUT2D eigenvalue weighted by molar-refractivity contribution is 5.65. The van der Waals surface area contributed by atoms with Crippen molar-refractivity contribution in [3.05, 3.63) is 40.6 Å². The van der Waals surface area contributed by atoms with Crippen LogP contribution in [0, 0.1) is 5.92 Å². The first-order valence-corrected chi connectivity index (χ1v) is 8.12. The molecule has 2 aromatic heterocycles. The lowest BCUT2D eigenvalue weighted by atomic mass is 9.80. The molecule has 0 radical (unpaired) electrons. The molecule has 116 valence electrons. The van der Waals surface area contributed by atoms with E-state index in [2.05, 4.69) is 10.9 Å². The summed E-state index contributed by atoms with van der Waals surface area (Å²) in [6.45, 7) is 0.763. The van der Waals surface area contributed by atoms with Crippen LogP contribution in [0.25, 0.3) is 11.1 Å². The Kier molecular flexibility index (Phi) is 3.18. The highest BCUT2D eigenvalue weighted by atomic mass is 16.1. The Bertz CT molecular complexity index is 750. The van der Waals surface area contributed by atoms with Crippen LogP contribution >= 0.6 is 0 Å². The maximum atomic E-state index is 12.4. The predicted molar refractivity (Wildman–Crippen MR) is 85.7 cm³/mol. The van der Waals surface area contributed by atoms with Crippen molar-refractivity contribution < 1.29 is 0 Å². The Morgan fingerprint density at radius 2 is 2.09 bits per heavy atom. The predicted octanol–water partition coefficient (Wildman–Crippen LogP) is 2.04. The molecule has 2 N–H and O–H groups in total. The van der Waals surface area contributed by atoms with Crippen LogP contribution in [0.1, 0.15) is 43.3 Å². The number of hydrogen-bond donors (Lipinski definition) is 1. The Balaban J connectivity index is 1.74. The summed E-state index contributed by atoms with van der Waals surface area (Å²) in [5.41, 5.74) is 8.68. The largest absolute Gasteiger partial charge is 0.330 e. The quantitative estimate of drug-likeness (QED) is 0.939. The third-order valence-corrected chi connectivity index (χ3v) is 5.06. The van der Waals surface area contributed by atoms with Crippen LogP contribution < -0.4 is 11.3 Å². The third-order valence-electron chi connectivity index (χ3n) is 5.06. The van der Waals surface area contributed by atoms with Crippen LogP contribution in [0.3, 0.4) is 0 Å². The molecule has 22 heavy (non-hydrogen) atoms. The number of nitrogens with zero attached hydrogens (tertiary/aromatic N) is 3. The summed E-state index contributed by atoms with van der Waals surface area (Å²) < 4.78 is 3.72. The number of rotatable bonds is 4. The zero-order chi connectivity index (χ0) is 15.3. The molecular formula is C17H22N4O. The number of nitrogens with two attached hydrogens (primary N) is 1. The van der Waals surface area contributed by atoms with Gasteiger partial charge in [0.2, 0.25) is 0 Å². The zero-order valence-electron chi connectivity index (χ0n) is 12.9. The van der Waals surface area contributed by atoms with Gasteiger partial charge in [0.15, 0.2) is 0 Å². The fourth-order valence-electron chi connectivity index (χ4n) is 3.37. The molecule has 5 heteroatoms. The van der Waals surface area contributed by atoms with Crippen LogP contribution in [0.5, 0.6) is 0 Å². The van der Waals surface area contributed by atoms with Crippen molar-refractivity contribution in [2.75, 3.05) is 6.54 Å². The van der Waals surface area contributed by atoms with Gasteiger partial charge in [0.1, 0.15) is 0 Å². The molecule has 2 aromatic rings. The molecule has 0 spiro atoms. The van der Waals surface area contributed by atoms with Gasteiger partial charge in [-0.05, 0) is 50.3 Å². The molecule has 2 heterocycles. The summed E-state index contributed by atoms with van der Waals surface area (Å²) in [7, 11) is 1.80. The van der Waals surface area contributed by atoms with Gasteiger partial charge in [0.25, 0.3) is 5.56 Å². The number of aryl methyl sites for hydroxylation is 1. The summed E-state index contributed by atoms with van der Waals surface area (Å²) >= 11 is 0. The summed E-state index contributed by atoms with van der Waals surface area (Å²) in [4.78, 5) is 12.4. The van der Waals surface area contributed by atoms with Crippen molar-refractivity contribution in [1.82, 2.24) is 14.3 Å². The second kappa shape index (κ2) is 5.09. The van der Waals surface area contributed by atoms with Gasteiger partial charge < -0.3 is 10.3 Å². The molecule has 0 atom stereocenters. The van der Waals surface area contributed by atoms with Crippen molar-refractivity contribution in [2.45, 2.75) is 37.6 Å². The third kappa shape index (κ3) is 2.20. The van der Waals surface area contributed by atoms with Crippen molar-refractivity contribution in [1.29, 1.82) is 0 Å². The Morgan fingerprint density at radius 1 is 1.32 bits per heavy atom. The monoisotopic (exact) mass is 298 g/mol. The van der Waals surface area contributed by atoms with Crippen molar-refractivity contribution in [3.63, 3.8) is 0 Å². The molecule has 0 unspecified atom stereocenters. The van der Waals surface area contributed by atoms with E-state index in [-0.39, 0.29) is 5.56 Å². The molecule has 4 rings (SSSR count). The molecule has 2 aliphatic rings. The Labute approximate surface area is 129 Å². The zero-order valence-corrected chi connectivity index (χ0v) is 12.9. The Hall–Kier alpha value is -1.88. The van der Waals surface area contributed by atoms with E-state index in [9.17, 15) is 4.79 Å². The molecule has 0 amide bonds. The molecular weight excluding hydrogens is 276 g/mol. The molecule has 0 aromatic carbocycles. The van der Waals surface area contributed by atoms with Crippen molar-refractivity contribution in [2.24, 2.45) is 18.7 Å². The second-order valence-electron chi connectivity index (χ2n) is 6.75. The van der Waals surface area contributed by atoms with Gasteiger partial charge in [0.05, 0.1) is 17.3 Å². The number of hydrogen-bond acceptors (Lipinski definition) is 3. The summed E-state index contributed by atoms with van der Waals surface area (Å²) in [5.74, 6) is 1.16. The van der Waals surface area contributed by atoms with E-state index in [0.29, 0.717) is 17.9 Å². The highest BCUT2D eigenvalue weighted by Gasteiger charge is 2.34. The maximum Gasteiger partial charge on any atom is 0.258 e. The van der Waals surface area contributed by atoms with Gasteiger partial charge in [-0.15, -0.1) is 0 Å². The van der Waals surface area contributed by atoms with Crippen LogP contribution in [-0.2, 0) is 7.05 Å². The van der Waals surface area contributed by atoms with Gasteiger partial charge in [-0.1, -0.05) is 0 Å². The standard InChI is InChI=1S/C17H22N4O/c1-20-6-2-3-14(17(20)22)15-10-21(13-7-11(8-13)9-18)19-16(15)12-4-5-12/h2-3,6,10-13H,4-5,7-9,18H2,1H3.